The molecule has 1 N–H and O–H groups in total. The molecule has 2 aromatic rings. The molecule has 0 aliphatic carbocycles. The summed E-state index contributed by atoms with van der Waals surface area (Å²) in [5.41, 5.74) is 1.71. The second kappa shape index (κ2) is 6.74. The van der Waals surface area contributed by atoms with Crippen LogP contribution in [0.4, 0.5) is 5.82 Å². The van der Waals surface area contributed by atoms with Crippen LogP contribution in [0.1, 0.15) is 38.8 Å². The van der Waals surface area contributed by atoms with Crippen LogP contribution in [-0.2, 0) is 0 Å². The summed E-state index contributed by atoms with van der Waals surface area (Å²) in [5, 5.41) is 3.33. The van der Waals surface area contributed by atoms with Crippen molar-refractivity contribution >= 4 is 21.7 Å². The number of halogens is 1. The van der Waals surface area contributed by atoms with E-state index in [2.05, 4.69) is 62.0 Å². The van der Waals surface area contributed by atoms with E-state index in [0.29, 0.717) is 11.7 Å². The molecule has 0 amide bonds. The molecule has 0 aliphatic rings. The van der Waals surface area contributed by atoms with Gasteiger partial charge in [0.2, 0.25) is 0 Å². The van der Waals surface area contributed by atoms with Gasteiger partial charge in [0, 0.05) is 12.7 Å². The molecule has 106 valence electrons. The topological polar surface area (TPSA) is 63.6 Å². The molecule has 2 aromatic heterocycles. The molecule has 5 nitrogen and oxygen atoms in total. The van der Waals surface area contributed by atoms with Gasteiger partial charge >= 0.3 is 0 Å². The molecule has 2 rings (SSSR count). The number of nitrogens with one attached hydrogen (secondary N) is 1. The third-order valence-electron chi connectivity index (χ3n) is 2.78. The molecule has 0 spiro atoms. The first-order valence-corrected chi connectivity index (χ1v) is 7.50. The zero-order chi connectivity index (χ0) is 14.5. The maximum absolute atomic E-state index is 4.62. The molecule has 0 atom stereocenters. The van der Waals surface area contributed by atoms with E-state index in [1.807, 2.05) is 6.07 Å². The van der Waals surface area contributed by atoms with Crippen molar-refractivity contribution in [2.45, 2.75) is 33.1 Å². The molecule has 0 radical (unpaired) electrons. The molecular weight excluding hydrogens is 318 g/mol. The molecule has 20 heavy (non-hydrogen) atoms. The van der Waals surface area contributed by atoms with Crippen LogP contribution in [0.2, 0.25) is 0 Å². The quantitative estimate of drug-likeness (QED) is 0.903. The number of hydrogen-bond donors (Lipinski definition) is 1. The Bertz CT molecular complexity index is 571. The summed E-state index contributed by atoms with van der Waals surface area (Å²) in [5.74, 6) is 1.74. The zero-order valence-electron chi connectivity index (χ0n) is 11.9. The lowest BCUT2D eigenvalue weighted by Gasteiger charge is -2.14. The third-order valence-corrected chi connectivity index (χ3v) is 3.56. The van der Waals surface area contributed by atoms with Gasteiger partial charge in [-0.15, -0.1) is 0 Å². The van der Waals surface area contributed by atoms with Gasteiger partial charge in [0.05, 0.1) is 10.2 Å². The van der Waals surface area contributed by atoms with Crippen molar-refractivity contribution in [1.29, 1.82) is 0 Å². The van der Waals surface area contributed by atoms with Gasteiger partial charge in [0.1, 0.15) is 17.8 Å². The van der Waals surface area contributed by atoms with Gasteiger partial charge in [-0.05, 0) is 34.3 Å². The van der Waals surface area contributed by atoms with Crippen LogP contribution < -0.4 is 5.32 Å². The van der Waals surface area contributed by atoms with Crippen molar-refractivity contribution in [3.05, 3.63) is 28.8 Å². The Labute approximate surface area is 127 Å². The van der Waals surface area contributed by atoms with Crippen molar-refractivity contribution in [2.24, 2.45) is 0 Å². The van der Waals surface area contributed by atoms with Crippen LogP contribution in [0.15, 0.2) is 23.1 Å². The number of aromatic nitrogens is 4. The van der Waals surface area contributed by atoms with Crippen LogP contribution in [0.25, 0.3) is 11.5 Å². The Balaban J connectivity index is 2.50. The summed E-state index contributed by atoms with van der Waals surface area (Å²) in [7, 11) is 0. The molecule has 0 bridgehead atoms. The van der Waals surface area contributed by atoms with E-state index in [-0.39, 0.29) is 0 Å². The SMILES string of the molecule is CCCNc1nc(-c2ccncn2)nc(C(C)C)c1Br. The van der Waals surface area contributed by atoms with Gasteiger partial charge in [-0.3, -0.25) is 0 Å². The Hall–Kier alpha value is -1.56. The smallest absolute Gasteiger partial charge is 0.180 e. The van der Waals surface area contributed by atoms with Gasteiger partial charge in [0.25, 0.3) is 0 Å². The first-order valence-electron chi connectivity index (χ1n) is 6.71. The van der Waals surface area contributed by atoms with Crippen LogP contribution in [-0.4, -0.2) is 26.5 Å². The van der Waals surface area contributed by atoms with E-state index in [1.54, 1.807) is 6.20 Å². The molecular formula is C14H18BrN5. The summed E-state index contributed by atoms with van der Waals surface area (Å²) in [6, 6.07) is 1.82. The van der Waals surface area contributed by atoms with Crippen molar-refractivity contribution < 1.29 is 0 Å². The molecule has 0 aliphatic heterocycles. The molecule has 2 heterocycles. The maximum Gasteiger partial charge on any atom is 0.180 e. The van der Waals surface area contributed by atoms with E-state index >= 15 is 0 Å². The lowest BCUT2D eigenvalue weighted by Crippen LogP contribution is -2.08. The maximum atomic E-state index is 4.62. The second-order valence-electron chi connectivity index (χ2n) is 4.77. The van der Waals surface area contributed by atoms with Crippen molar-refractivity contribution in [2.75, 3.05) is 11.9 Å². The Morgan fingerprint density at radius 2 is 2.10 bits per heavy atom. The minimum Gasteiger partial charge on any atom is -0.369 e. The first-order chi connectivity index (χ1) is 9.63. The van der Waals surface area contributed by atoms with Gasteiger partial charge in [0.15, 0.2) is 5.82 Å². The summed E-state index contributed by atoms with van der Waals surface area (Å²) < 4.78 is 0.929. The van der Waals surface area contributed by atoms with Crippen molar-refractivity contribution in [3.8, 4) is 11.5 Å². The molecule has 0 saturated heterocycles. The van der Waals surface area contributed by atoms with E-state index in [0.717, 1.165) is 34.6 Å². The summed E-state index contributed by atoms with van der Waals surface area (Å²) in [4.78, 5) is 17.3. The highest BCUT2D eigenvalue weighted by Crippen LogP contribution is 2.30. The van der Waals surface area contributed by atoms with E-state index in [4.69, 9.17) is 0 Å². The largest absolute Gasteiger partial charge is 0.369 e. The molecule has 0 aromatic carbocycles. The number of rotatable bonds is 5. The monoisotopic (exact) mass is 335 g/mol. The predicted octanol–water partition coefficient (Wildman–Crippen LogP) is 3.64. The third kappa shape index (κ3) is 3.30. The van der Waals surface area contributed by atoms with E-state index in [9.17, 15) is 0 Å². The molecule has 6 heteroatoms. The standard InChI is InChI=1S/C14H18BrN5/c1-4-6-17-14-11(15)12(9(2)3)19-13(20-14)10-5-7-16-8-18-10/h5,7-9H,4,6H2,1-3H3,(H,17,19,20). The average Bonchev–Trinajstić information content (AvgIpc) is 2.46. The average molecular weight is 336 g/mol. The Morgan fingerprint density at radius 3 is 2.70 bits per heavy atom. The minimum atomic E-state index is 0.301. The van der Waals surface area contributed by atoms with Crippen LogP contribution in [0.5, 0.6) is 0 Å². The highest BCUT2D eigenvalue weighted by molar-refractivity contribution is 9.10. The Kier molecular flexibility index (Phi) is 5.00. The van der Waals surface area contributed by atoms with Crippen LogP contribution in [0.3, 0.4) is 0 Å². The minimum absolute atomic E-state index is 0.301. The molecule has 0 fully saturated rings. The van der Waals surface area contributed by atoms with Gasteiger partial charge in [-0.25, -0.2) is 19.9 Å². The fourth-order valence-electron chi connectivity index (χ4n) is 1.75. The lowest BCUT2D eigenvalue weighted by molar-refractivity contribution is 0.807. The van der Waals surface area contributed by atoms with Crippen LogP contribution >= 0.6 is 15.9 Å². The molecule has 0 unspecified atom stereocenters. The molecule has 0 saturated carbocycles. The predicted molar refractivity (Wildman–Crippen MR) is 83.6 cm³/mol. The zero-order valence-corrected chi connectivity index (χ0v) is 13.5. The highest BCUT2D eigenvalue weighted by atomic mass is 79.9. The van der Waals surface area contributed by atoms with E-state index in [1.165, 1.54) is 6.33 Å². The van der Waals surface area contributed by atoms with Crippen molar-refractivity contribution in [1.82, 2.24) is 19.9 Å². The van der Waals surface area contributed by atoms with E-state index < -0.39 is 0 Å². The lowest BCUT2D eigenvalue weighted by atomic mass is 10.1. The number of anilines is 1. The van der Waals surface area contributed by atoms with Crippen molar-refractivity contribution in [3.63, 3.8) is 0 Å². The fraction of sp³-hybridized carbons (Fsp3) is 0.429. The Morgan fingerprint density at radius 1 is 1.30 bits per heavy atom. The summed E-state index contributed by atoms with van der Waals surface area (Å²) >= 11 is 3.60. The highest BCUT2D eigenvalue weighted by Gasteiger charge is 2.16. The normalized spacial score (nSPS) is 10.8. The van der Waals surface area contributed by atoms with Crippen LogP contribution in [0, 0.1) is 0 Å². The van der Waals surface area contributed by atoms with Gasteiger partial charge in [-0.2, -0.15) is 0 Å². The second-order valence-corrected chi connectivity index (χ2v) is 5.56. The summed E-state index contributed by atoms with van der Waals surface area (Å²) in [6.07, 6.45) is 4.24. The number of nitrogens with zero attached hydrogens (tertiary/aromatic N) is 4. The first kappa shape index (κ1) is 14.8. The van der Waals surface area contributed by atoms with Gasteiger partial charge in [-0.1, -0.05) is 20.8 Å². The number of hydrogen-bond acceptors (Lipinski definition) is 5. The fourth-order valence-corrected chi connectivity index (χ4v) is 2.52. The van der Waals surface area contributed by atoms with Gasteiger partial charge < -0.3 is 5.32 Å². The summed E-state index contributed by atoms with van der Waals surface area (Å²) in [6.45, 7) is 7.22.